The minimum Gasteiger partial charge on any atom is -0.454 e. The fraction of sp³-hybridized carbons (Fsp3) is 0.176. The number of carbonyl (C=O) groups is 1. The van der Waals surface area contributed by atoms with Gasteiger partial charge in [0.25, 0.3) is 5.91 Å². The summed E-state index contributed by atoms with van der Waals surface area (Å²) < 4.78 is 23.6. The minimum absolute atomic E-state index is 0.174. The van der Waals surface area contributed by atoms with Crippen molar-refractivity contribution in [3.63, 3.8) is 0 Å². The second-order valence-electron chi connectivity index (χ2n) is 5.42. The maximum Gasteiger partial charge on any atom is 0.251 e. The van der Waals surface area contributed by atoms with E-state index in [-0.39, 0.29) is 18.5 Å². The van der Waals surface area contributed by atoms with Crippen LogP contribution in [0.25, 0.3) is 11.0 Å². The Kier molecular flexibility index (Phi) is 3.53. The number of hydrogen-bond donors (Lipinski definition) is 2. The molecule has 1 aromatic heterocycles. The number of nitrogens with one attached hydrogen (secondary N) is 2. The number of halogens is 1. The van der Waals surface area contributed by atoms with Crippen LogP contribution in [0.5, 0.6) is 11.5 Å². The van der Waals surface area contributed by atoms with Crippen LogP contribution in [-0.2, 0) is 6.42 Å². The zero-order valence-corrected chi connectivity index (χ0v) is 12.6. The van der Waals surface area contributed by atoms with Gasteiger partial charge in [-0.15, -0.1) is 0 Å². The molecule has 2 N–H and O–H groups in total. The van der Waals surface area contributed by atoms with Gasteiger partial charge in [0.15, 0.2) is 11.5 Å². The first kappa shape index (κ1) is 14.5. The Morgan fingerprint density at radius 3 is 3.00 bits per heavy atom. The van der Waals surface area contributed by atoms with Gasteiger partial charge in [0.2, 0.25) is 6.79 Å². The van der Waals surface area contributed by atoms with Crippen molar-refractivity contribution in [2.24, 2.45) is 0 Å². The maximum atomic E-state index is 13.2. The number of fused-ring (bicyclic) bond motifs is 2. The van der Waals surface area contributed by atoms with Crippen molar-refractivity contribution in [2.45, 2.75) is 6.42 Å². The zero-order valence-electron chi connectivity index (χ0n) is 12.6. The lowest BCUT2D eigenvalue weighted by molar-refractivity contribution is 0.0953. The van der Waals surface area contributed by atoms with Gasteiger partial charge >= 0.3 is 0 Å². The first-order valence-electron chi connectivity index (χ1n) is 7.51. The predicted octanol–water partition coefficient (Wildman–Crippen LogP) is 2.40. The summed E-state index contributed by atoms with van der Waals surface area (Å²) in [5.74, 6) is 1.40. The van der Waals surface area contributed by atoms with E-state index in [1.807, 2.05) is 0 Å². The molecule has 0 bridgehead atoms. The highest BCUT2D eigenvalue weighted by Gasteiger charge is 2.16. The highest BCUT2D eigenvalue weighted by Crippen LogP contribution is 2.32. The number of aromatic nitrogens is 2. The van der Waals surface area contributed by atoms with Crippen molar-refractivity contribution in [3.05, 3.63) is 53.6 Å². The minimum atomic E-state index is -0.311. The molecule has 6 nitrogen and oxygen atoms in total. The second-order valence-corrected chi connectivity index (χ2v) is 5.42. The Morgan fingerprint density at radius 2 is 2.08 bits per heavy atom. The molecule has 4 rings (SSSR count). The number of amides is 1. The van der Waals surface area contributed by atoms with Crippen LogP contribution in [-0.4, -0.2) is 29.2 Å². The smallest absolute Gasteiger partial charge is 0.251 e. The van der Waals surface area contributed by atoms with Gasteiger partial charge in [0.05, 0.1) is 11.0 Å². The van der Waals surface area contributed by atoms with E-state index in [1.54, 1.807) is 24.3 Å². The molecule has 0 atom stereocenters. The summed E-state index contributed by atoms with van der Waals surface area (Å²) in [6.45, 7) is 0.586. The number of imidazole rings is 1. The van der Waals surface area contributed by atoms with Crippen LogP contribution in [0.3, 0.4) is 0 Å². The van der Waals surface area contributed by atoms with Gasteiger partial charge in [-0.05, 0) is 36.4 Å². The lowest BCUT2D eigenvalue weighted by Gasteiger charge is -2.05. The van der Waals surface area contributed by atoms with E-state index in [9.17, 15) is 9.18 Å². The highest BCUT2D eigenvalue weighted by atomic mass is 19.1. The van der Waals surface area contributed by atoms with Crippen LogP contribution in [0.4, 0.5) is 4.39 Å². The van der Waals surface area contributed by atoms with Crippen LogP contribution in [0.15, 0.2) is 36.4 Å². The molecule has 7 heteroatoms. The van der Waals surface area contributed by atoms with Crippen LogP contribution in [0.1, 0.15) is 16.2 Å². The molecule has 1 amide bonds. The zero-order chi connectivity index (χ0) is 16.5. The molecule has 0 radical (unpaired) electrons. The normalized spacial score (nSPS) is 12.5. The van der Waals surface area contributed by atoms with Crippen LogP contribution in [0, 0.1) is 5.82 Å². The molecule has 0 aliphatic carbocycles. The summed E-state index contributed by atoms with van der Waals surface area (Å²) in [5, 5.41) is 2.82. The number of rotatable bonds is 4. The van der Waals surface area contributed by atoms with Gasteiger partial charge in [-0.3, -0.25) is 4.79 Å². The van der Waals surface area contributed by atoms with Crippen molar-refractivity contribution in [1.82, 2.24) is 15.3 Å². The number of carbonyl (C=O) groups excluding carboxylic acids is 1. The van der Waals surface area contributed by atoms with E-state index in [0.717, 1.165) is 0 Å². The first-order chi connectivity index (χ1) is 11.7. The van der Waals surface area contributed by atoms with Gasteiger partial charge in [-0.2, -0.15) is 0 Å². The first-order valence-corrected chi connectivity index (χ1v) is 7.51. The number of hydrogen-bond acceptors (Lipinski definition) is 4. The molecule has 24 heavy (non-hydrogen) atoms. The maximum absolute atomic E-state index is 13.2. The third kappa shape index (κ3) is 2.76. The Morgan fingerprint density at radius 1 is 1.21 bits per heavy atom. The number of benzene rings is 2. The molecule has 0 spiro atoms. The summed E-state index contributed by atoms with van der Waals surface area (Å²) in [7, 11) is 0. The van der Waals surface area contributed by atoms with Crippen LogP contribution in [0.2, 0.25) is 0 Å². The van der Waals surface area contributed by atoms with Crippen LogP contribution < -0.4 is 14.8 Å². The summed E-state index contributed by atoms with van der Waals surface area (Å²) in [6.07, 6.45) is 0.520. The number of aromatic amines is 1. The van der Waals surface area contributed by atoms with Gasteiger partial charge in [0.1, 0.15) is 11.6 Å². The van der Waals surface area contributed by atoms with E-state index in [2.05, 4.69) is 15.3 Å². The Hall–Kier alpha value is -3.09. The molecule has 1 aliphatic rings. The molecule has 2 aromatic carbocycles. The van der Waals surface area contributed by atoms with E-state index in [1.165, 1.54) is 12.1 Å². The molecule has 0 saturated carbocycles. The summed E-state index contributed by atoms with van der Waals surface area (Å²) in [6, 6.07) is 9.45. The van der Waals surface area contributed by atoms with E-state index in [0.29, 0.717) is 46.9 Å². The second kappa shape index (κ2) is 5.84. The number of nitrogens with zero attached hydrogens (tertiary/aromatic N) is 1. The third-order valence-electron chi connectivity index (χ3n) is 3.78. The van der Waals surface area contributed by atoms with E-state index in [4.69, 9.17) is 9.47 Å². The lowest BCUT2D eigenvalue weighted by atomic mass is 10.2. The molecular weight excluding hydrogens is 313 g/mol. The van der Waals surface area contributed by atoms with Crippen molar-refractivity contribution < 1.29 is 18.7 Å². The third-order valence-corrected chi connectivity index (χ3v) is 3.78. The summed E-state index contributed by atoms with van der Waals surface area (Å²) in [4.78, 5) is 19.6. The monoisotopic (exact) mass is 327 g/mol. The van der Waals surface area contributed by atoms with Gasteiger partial charge < -0.3 is 19.8 Å². The molecule has 1 aliphatic heterocycles. The Bertz CT molecular complexity index is 923. The molecule has 0 saturated heterocycles. The average molecular weight is 327 g/mol. The number of ether oxygens (including phenoxy) is 2. The highest BCUT2D eigenvalue weighted by molar-refractivity contribution is 5.94. The standard InChI is InChI=1S/C17H14FN3O3/c18-11-2-3-12-13(8-11)21-16(20-12)5-6-19-17(22)10-1-4-14-15(7-10)24-9-23-14/h1-4,7-8H,5-6,9H2,(H,19,22)(H,20,21). The summed E-state index contributed by atoms with van der Waals surface area (Å²) >= 11 is 0. The molecule has 122 valence electrons. The van der Waals surface area contributed by atoms with E-state index < -0.39 is 0 Å². The molecule has 3 aromatic rings. The lowest BCUT2D eigenvalue weighted by Crippen LogP contribution is -2.25. The van der Waals surface area contributed by atoms with Crippen molar-refractivity contribution in [3.8, 4) is 11.5 Å². The summed E-state index contributed by atoms with van der Waals surface area (Å²) in [5.41, 5.74) is 1.85. The Labute approximate surface area is 136 Å². The fourth-order valence-electron chi connectivity index (χ4n) is 2.59. The van der Waals surface area contributed by atoms with Crippen molar-refractivity contribution >= 4 is 16.9 Å². The predicted molar refractivity (Wildman–Crippen MR) is 84.7 cm³/mol. The molecule has 2 heterocycles. The van der Waals surface area contributed by atoms with Gasteiger partial charge in [-0.1, -0.05) is 0 Å². The van der Waals surface area contributed by atoms with Crippen molar-refractivity contribution in [1.29, 1.82) is 0 Å². The van der Waals surface area contributed by atoms with E-state index >= 15 is 0 Å². The van der Waals surface area contributed by atoms with Gasteiger partial charge in [-0.25, -0.2) is 9.37 Å². The molecular formula is C17H14FN3O3. The molecule has 0 unspecified atom stereocenters. The SMILES string of the molecule is O=C(NCCc1nc2ccc(F)cc2[nH]1)c1ccc2c(c1)OCO2. The average Bonchev–Trinajstić information content (AvgIpc) is 3.19. The fourth-order valence-corrected chi connectivity index (χ4v) is 2.59. The largest absolute Gasteiger partial charge is 0.454 e. The quantitative estimate of drug-likeness (QED) is 0.771. The molecule has 0 fully saturated rings. The van der Waals surface area contributed by atoms with Gasteiger partial charge in [0, 0.05) is 18.5 Å². The van der Waals surface area contributed by atoms with Crippen molar-refractivity contribution in [2.75, 3.05) is 13.3 Å². The Balaban J connectivity index is 1.38. The van der Waals surface area contributed by atoms with Crippen LogP contribution >= 0.6 is 0 Å². The topological polar surface area (TPSA) is 76.2 Å². The number of H-pyrrole nitrogens is 1.